The SMILES string of the molecule is NC(N)=NC(=O)NC(c1ccccc1)c1ccccc1Cl. The van der Waals surface area contributed by atoms with E-state index in [-0.39, 0.29) is 5.96 Å². The molecule has 0 aliphatic rings. The maximum atomic E-state index is 11.8. The molecule has 2 amide bonds. The van der Waals surface area contributed by atoms with Crippen LogP contribution >= 0.6 is 11.6 Å². The summed E-state index contributed by atoms with van der Waals surface area (Å²) in [5.74, 6) is -0.293. The highest BCUT2D eigenvalue weighted by Gasteiger charge is 2.18. The molecule has 0 aromatic heterocycles. The zero-order valence-corrected chi connectivity index (χ0v) is 11.9. The summed E-state index contributed by atoms with van der Waals surface area (Å²) in [6.07, 6.45) is 0. The molecule has 2 aromatic rings. The zero-order chi connectivity index (χ0) is 15.2. The van der Waals surface area contributed by atoms with Crippen LogP contribution in [-0.2, 0) is 0 Å². The van der Waals surface area contributed by atoms with Crippen molar-refractivity contribution in [3.63, 3.8) is 0 Å². The highest BCUT2D eigenvalue weighted by molar-refractivity contribution is 6.31. The molecule has 2 rings (SSSR count). The molecular formula is C15H15ClN4O. The van der Waals surface area contributed by atoms with Crippen LogP contribution in [0.4, 0.5) is 4.79 Å². The number of carbonyl (C=O) groups is 1. The van der Waals surface area contributed by atoms with Crippen LogP contribution in [0.3, 0.4) is 0 Å². The fourth-order valence-corrected chi connectivity index (χ4v) is 2.21. The Bertz CT molecular complexity index is 654. The van der Waals surface area contributed by atoms with Crippen molar-refractivity contribution in [2.24, 2.45) is 16.5 Å². The third-order valence-electron chi connectivity index (χ3n) is 2.85. The summed E-state index contributed by atoms with van der Waals surface area (Å²) in [5, 5.41) is 3.30. The maximum Gasteiger partial charge on any atom is 0.344 e. The zero-order valence-electron chi connectivity index (χ0n) is 11.2. The van der Waals surface area contributed by atoms with Crippen molar-refractivity contribution in [3.05, 3.63) is 70.7 Å². The summed E-state index contributed by atoms with van der Waals surface area (Å²) in [5.41, 5.74) is 12.1. The molecule has 5 N–H and O–H groups in total. The fraction of sp³-hybridized carbons (Fsp3) is 0.0667. The summed E-state index contributed by atoms with van der Waals surface area (Å²) >= 11 is 6.22. The lowest BCUT2D eigenvalue weighted by atomic mass is 9.99. The van der Waals surface area contributed by atoms with E-state index in [9.17, 15) is 4.79 Å². The van der Waals surface area contributed by atoms with Gasteiger partial charge >= 0.3 is 6.03 Å². The highest BCUT2D eigenvalue weighted by atomic mass is 35.5. The Balaban J connectivity index is 2.39. The van der Waals surface area contributed by atoms with E-state index < -0.39 is 12.1 Å². The van der Waals surface area contributed by atoms with Crippen molar-refractivity contribution >= 4 is 23.6 Å². The summed E-state index contributed by atoms with van der Waals surface area (Å²) in [4.78, 5) is 15.3. The van der Waals surface area contributed by atoms with Crippen LogP contribution < -0.4 is 16.8 Å². The van der Waals surface area contributed by atoms with Gasteiger partial charge in [-0.3, -0.25) is 0 Å². The van der Waals surface area contributed by atoms with Gasteiger partial charge in [-0.2, -0.15) is 4.99 Å². The van der Waals surface area contributed by atoms with E-state index in [0.717, 1.165) is 11.1 Å². The second-order valence-electron chi connectivity index (χ2n) is 4.35. The predicted octanol–water partition coefficient (Wildman–Crippen LogP) is 2.41. The minimum absolute atomic E-state index is 0.293. The average molecular weight is 303 g/mol. The largest absolute Gasteiger partial charge is 0.370 e. The molecular weight excluding hydrogens is 288 g/mol. The number of nitrogens with two attached hydrogens (primary N) is 2. The highest BCUT2D eigenvalue weighted by Crippen LogP contribution is 2.28. The van der Waals surface area contributed by atoms with E-state index in [1.807, 2.05) is 48.5 Å². The van der Waals surface area contributed by atoms with Crippen molar-refractivity contribution in [1.82, 2.24) is 5.32 Å². The second kappa shape index (κ2) is 6.76. The number of urea groups is 1. The molecule has 5 nitrogen and oxygen atoms in total. The average Bonchev–Trinajstić information content (AvgIpc) is 2.46. The molecule has 0 saturated carbocycles. The van der Waals surface area contributed by atoms with Gasteiger partial charge in [0, 0.05) is 5.02 Å². The normalized spacial score (nSPS) is 11.5. The Labute approximate surface area is 127 Å². The van der Waals surface area contributed by atoms with Crippen LogP contribution in [0.5, 0.6) is 0 Å². The third kappa shape index (κ3) is 3.97. The van der Waals surface area contributed by atoms with Gasteiger partial charge in [-0.05, 0) is 17.2 Å². The number of hydrogen-bond donors (Lipinski definition) is 3. The molecule has 0 heterocycles. The number of guanidine groups is 1. The van der Waals surface area contributed by atoms with Crippen molar-refractivity contribution in [2.75, 3.05) is 0 Å². The molecule has 0 radical (unpaired) electrons. The Morgan fingerprint density at radius 2 is 1.67 bits per heavy atom. The van der Waals surface area contributed by atoms with E-state index >= 15 is 0 Å². The lowest BCUT2D eigenvalue weighted by Crippen LogP contribution is -2.31. The van der Waals surface area contributed by atoms with Crippen molar-refractivity contribution < 1.29 is 4.79 Å². The monoisotopic (exact) mass is 302 g/mol. The number of aliphatic imine (C=N–C) groups is 1. The number of nitrogens with one attached hydrogen (secondary N) is 1. The first kappa shape index (κ1) is 14.9. The Hall–Kier alpha value is -2.53. The number of rotatable bonds is 3. The quantitative estimate of drug-likeness (QED) is 0.600. The molecule has 0 aliphatic carbocycles. The summed E-state index contributed by atoms with van der Waals surface area (Å²) in [6, 6.07) is 15.7. The molecule has 0 aliphatic heterocycles. The third-order valence-corrected chi connectivity index (χ3v) is 3.19. The van der Waals surface area contributed by atoms with Gasteiger partial charge in [-0.15, -0.1) is 0 Å². The van der Waals surface area contributed by atoms with Crippen LogP contribution in [-0.4, -0.2) is 12.0 Å². The number of nitrogens with zero attached hydrogens (tertiary/aromatic N) is 1. The number of hydrogen-bond acceptors (Lipinski definition) is 1. The van der Waals surface area contributed by atoms with Gasteiger partial charge < -0.3 is 16.8 Å². The molecule has 0 saturated heterocycles. The van der Waals surface area contributed by atoms with Gasteiger partial charge in [-0.25, -0.2) is 4.79 Å². The second-order valence-corrected chi connectivity index (χ2v) is 4.76. The molecule has 0 spiro atoms. The topological polar surface area (TPSA) is 93.5 Å². The van der Waals surface area contributed by atoms with Crippen LogP contribution in [0.2, 0.25) is 5.02 Å². The fourth-order valence-electron chi connectivity index (χ4n) is 1.97. The minimum atomic E-state index is -0.622. The molecule has 0 bridgehead atoms. The Morgan fingerprint density at radius 3 is 2.29 bits per heavy atom. The molecule has 1 atom stereocenters. The first-order chi connectivity index (χ1) is 10.1. The van der Waals surface area contributed by atoms with E-state index in [0.29, 0.717) is 5.02 Å². The lowest BCUT2D eigenvalue weighted by Gasteiger charge is -2.19. The maximum absolute atomic E-state index is 11.8. The Morgan fingerprint density at radius 1 is 1.05 bits per heavy atom. The van der Waals surface area contributed by atoms with Gasteiger partial charge in [0.25, 0.3) is 0 Å². The number of benzene rings is 2. The van der Waals surface area contributed by atoms with Crippen molar-refractivity contribution in [3.8, 4) is 0 Å². The number of carbonyl (C=O) groups excluding carboxylic acids is 1. The number of amides is 2. The minimum Gasteiger partial charge on any atom is -0.370 e. The summed E-state index contributed by atoms with van der Waals surface area (Å²) < 4.78 is 0. The summed E-state index contributed by atoms with van der Waals surface area (Å²) in [6.45, 7) is 0. The van der Waals surface area contributed by atoms with Gasteiger partial charge in [0.05, 0.1) is 6.04 Å². The van der Waals surface area contributed by atoms with Crippen LogP contribution in [0.15, 0.2) is 59.6 Å². The predicted molar refractivity (Wildman–Crippen MR) is 84.1 cm³/mol. The van der Waals surface area contributed by atoms with Gasteiger partial charge in [0.2, 0.25) is 0 Å². The standard InChI is InChI=1S/C15H15ClN4O/c16-12-9-5-4-8-11(12)13(10-6-2-1-3-7-10)19-15(21)20-14(17)18/h1-9,13H,(H5,17,18,19,20,21). The Kier molecular flexibility index (Phi) is 4.79. The van der Waals surface area contributed by atoms with Crippen molar-refractivity contribution in [1.29, 1.82) is 0 Å². The summed E-state index contributed by atoms with van der Waals surface area (Å²) in [7, 11) is 0. The van der Waals surface area contributed by atoms with Crippen LogP contribution in [0, 0.1) is 0 Å². The van der Waals surface area contributed by atoms with Gasteiger partial charge in [0.1, 0.15) is 0 Å². The van der Waals surface area contributed by atoms with Gasteiger partial charge in [-0.1, -0.05) is 60.1 Å². The smallest absolute Gasteiger partial charge is 0.344 e. The van der Waals surface area contributed by atoms with Crippen LogP contribution in [0.1, 0.15) is 17.2 Å². The lowest BCUT2D eigenvalue weighted by molar-refractivity contribution is 0.247. The number of halogens is 1. The first-order valence-electron chi connectivity index (χ1n) is 6.27. The molecule has 2 aromatic carbocycles. The molecule has 21 heavy (non-hydrogen) atoms. The molecule has 0 fully saturated rings. The molecule has 6 heteroatoms. The van der Waals surface area contributed by atoms with E-state index in [2.05, 4.69) is 10.3 Å². The van der Waals surface area contributed by atoms with Gasteiger partial charge in [0.15, 0.2) is 5.96 Å². The van der Waals surface area contributed by atoms with E-state index in [1.54, 1.807) is 6.07 Å². The van der Waals surface area contributed by atoms with E-state index in [4.69, 9.17) is 23.1 Å². The van der Waals surface area contributed by atoms with Crippen molar-refractivity contribution in [2.45, 2.75) is 6.04 Å². The van der Waals surface area contributed by atoms with E-state index in [1.165, 1.54) is 0 Å². The first-order valence-corrected chi connectivity index (χ1v) is 6.65. The molecule has 1 unspecified atom stereocenters. The van der Waals surface area contributed by atoms with Crippen LogP contribution in [0.25, 0.3) is 0 Å². The molecule has 108 valence electrons.